The van der Waals surface area contributed by atoms with Gasteiger partial charge in [0.05, 0.1) is 13.0 Å². The van der Waals surface area contributed by atoms with Gasteiger partial charge in [-0.3, -0.25) is 4.79 Å². The van der Waals surface area contributed by atoms with Crippen LogP contribution in [0.25, 0.3) is 0 Å². The molecular weight excluding hydrogens is 256 g/mol. The molecule has 7 heteroatoms. The first kappa shape index (κ1) is 19.2. The van der Waals surface area contributed by atoms with E-state index in [1.54, 1.807) is 0 Å². The lowest BCUT2D eigenvalue weighted by atomic mass is 9.97. The Labute approximate surface area is 110 Å². The standard InChI is InChI=1S/C8H12O5.C4H6O2/c1-5(8(12)13-2)6(3-4-9)7(10)11;1-3(2)4(5)6/h6,9H,1,3-4H2,2H3,(H,10,11);1H2,2H3,(H,5,6). The predicted octanol–water partition coefficient (Wildman–Crippen LogP) is 0.446. The molecule has 0 heterocycles. The number of carboxylic acid groups (broad SMARTS) is 2. The molecule has 1 atom stereocenters. The van der Waals surface area contributed by atoms with Crippen molar-refractivity contribution in [1.29, 1.82) is 0 Å². The topological polar surface area (TPSA) is 121 Å². The lowest BCUT2D eigenvalue weighted by Crippen LogP contribution is -2.22. The fraction of sp³-hybridized carbons (Fsp3) is 0.417. The third-order valence-corrected chi connectivity index (χ3v) is 1.95. The van der Waals surface area contributed by atoms with Gasteiger partial charge in [-0.25, -0.2) is 9.59 Å². The Balaban J connectivity index is 0. The highest BCUT2D eigenvalue weighted by molar-refractivity contribution is 5.94. The molecule has 0 aromatic carbocycles. The summed E-state index contributed by atoms with van der Waals surface area (Å²) >= 11 is 0. The minimum absolute atomic E-state index is 0.0384. The first-order valence-electron chi connectivity index (χ1n) is 5.18. The van der Waals surface area contributed by atoms with Crippen LogP contribution in [-0.2, 0) is 19.1 Å². The zero-order valence-corrected chi connectivity index (χ0v) is 10.9. The maximum atomic E-state index is 10.9. The monoisotopic (exact) mass is 274 g/mol. The summed E-state index contributed by atoms with van der Waals surface area (Å²) in [7, 11) is 1.14. The number of aliphatic hydroxyl groups is 1. The van der Waals surface area contributed by atoms with Crippen LogP contribution in [0.3, 0.4) is 0 Å². The first-order chi connectivity index (χ1) is 8.68. The minimum atomic E-state index is -1.19. The van der Waals surface area contributed by atoms with Crippen LogP contribution >= 0.6 is 0 Å². The van der Waals surface area contributed by atoms with Crippen molar-refractivity contribution in [3.05, 3.63) is 24.3 Å². The number of carboxylic acids is 2. The van der Waals surface area contributed by atoms with Crippen LogP contribution in [0.15, 0.2) is 24.3 Å². The smallest absolute Gasteiger partial charge is 0.334 e. The van der Waals surface area contributed by atoms with Crippen molar-refractivity contribution < 1.29 is 34.4 Å². The van der Waals surface area contributed by atoms with Gasteiger partial charge in [0.2, 0.25) is 0 Å². The number of aliphatic hydroxyl groups excluding tert-OH is 1. The zero-order valence-electron chi connectivity index (χ0n) is 10.9. The molecule has 0 saturated carbocycles. The van der Waals surface area contributed by atoms with E-state index in [0.717, 1.165) is 7.11 Å². The third-order valence-electron chi connectivity index (χ3n) is 1.95. The van der Waals surface area contributed by atoms with Crippen molar-refractivity contribution in [2.24, 2.45) is 5.92 Å². The molecule has 0 aliphatic rings. The second-order valence-corrected chi connectivity index (χ2v) is 3.51. The summed E-state index contributed by atoms with van der Waals surface area (Å²) in [6, 6.07) is 0. The number of esters is 1. The number of hydrogen-bond donors (Lipinski definition) is 3. The Morgan fingerprint density at radius 1 is 1.21 bits per heavy atom. The average Bonchev–Trinajstić information content (AvgIpc) is 2.34. The Morgan fingerprint density at radius 3 is 1.84 bits per heavy atom. The zero-order chi connectivity index (χ0) is 15.6. The highest BCUT2D eigenvalue weighted by atomic mass is 16.5. The molecule has 3 N–H and O–H groups in total. The lowest BCUT2D eigenvalue weighted by molar-refractivity contribution is -0.145. The van der Waals surface area contributed by atoms with Crippen LogP contribution in [0.4, 0.5) is 0 Å². The van der Waals surface area contributed by atoms with E-state index in [1.165, 1.54) is 6.92 Å². The van der Waals surface area contributed by atoms with Crippen LogP contribution in [0.5, 0.6) is 0 Å². The summed E-state index contributed by atoms with van der Waals surface area (Å²) in [6.07, 6.45) is -0.0384. The molecule has 0 saturated heterocycles. The Bertz CT molecular complexity index is 358. The molecule has 1 unspecified atom stereocenters. The van der Waals surface area contributed by atoms with Gasteiger partial charge in [-0.05, 0) is 13.3 Å². The van der Waals surface area contributed by atoms with Crippen LogP contribution in [-0.4, -0.2) is 46.9 Å². The van der Waals surface area contributed by atoms with Gasteiger partial charge in [0.1, 0.15) is 0 Å². The van der Waals surface area contributed by atoms with Gasteiger partial charge in [0, 0.05) is 17.8 Å². The van der Waals surface area contributed by atoms with Crippen LogP contribution in [0.2, 0.25) is 0 Å². The van der Waals surface area contributed by atoms with E-state index in [9.17, 15) is 14.4 Å². The molecule has 0 fully saturated rings. The van der Waals surface area contributed by atoms with E-state index >= 15 is 0 Å². The Morgan fingerprint density at radius 2 is 1.63 bits per heavy atom. The Hall–Kier alpha value is -2.15. The quantitative estimate of drug-likeness (QED) is 0.474. The van der Waals surface area contributed by atoms with Crippen molar-refractivity contribution in [2.45, 2.75) is 13.3 Å². The van der Waals surface area contributed by atoms with Gasteiger partial charge >= 0.3 is 17.9 Å². The molecule has 0 aliphatic carbocycles. The van der Waals surface area contributed by atoms with Gasteiger partial charge in [0.25, 0.3) is 0 Å². The highest BCUT2D eigenvalue weighted by Crippen LogP contribution is 2.14. The molecule has 0 spiro atoms. The largest absolute Gasteiger partial charge is 0.481 e. The number of ether oxygens (including phenoxy) is 1. The molecule has 0 amide bonds. The lowest BCUT2D eigenvalue weighted by Gasteiger charge is -2.11. The second-order valence-electron chi connectivity index (χ2n) is 3.51. The van der Waals surface area contributed by atoms with Crippen LogP contribution < -0.4 is 0 Å². The summed E-state index contributed by atoms with van der Waals surface area (Å²) in [6.45, 7) is 7.59. The molecular formula is C12H18O7. The van der Waals surface area contributed by atoms with Crippen molar-refractivity contribution in [2.75, 3.05) is 13.7 Å². The molecule has 0 aromatic heterocycles. The molecule has 0 radical (unpaired) electrons. The molecule has 0 bridgehead atoms. The SMILES string of the molecule is C=C(C(=O)OC)C(CCO)C(=O)O.C=C(C)C(=O)O. The summed E-state index contributed by atoms with van der Waals surface area (Å²) < 4.78 is 4.31. The van der Waals surface area contributed by atoms with Crippen molar-refractivity contribution in [3.63, 3.8) is 0 Å². The molecule has 0 aliphatic heterocycles. The second kappa shape index (κ2) is 9.84. The maximum absolute atomic E-state index is 10.9. The average molecular weight is 274 g/mol. The van der Waals surface area contributed by atoms with E-state index in [4.69, 9.17) is 15.3 Å². The Kier molecular flexibility index (Phi) is 9.94. The van der Waals surface area contributed by atoms with Gasteiger partial charge < -0.3 is 20.1 Å². The fourth-order valence-corrected chi connectivity index (χ4v) is 0.849. The number of aliphatic carboxylic acids is 2. The highest BCUT2D eigenvalue weighted by Gasteiger charge is 2.25. The van der Waals surface area contributed by atoms with Gasteiger partial charge in [-0.15, -0.1) is 0 Å². The van der Waals surface area contributed by atoms with E-state index < -0.39 is 23.8 Å². The first-order valence-corrected chi connectivity index (χ1v) is 5.18. The molecule has 19 heavy (non-hydrogen) atoms. The maximum Gasteiger partial charge on any atom is 0.334 e. The number of methoxy groups -OCH3 is 1. The van der Waals surface area contributed by atoms with E-state index in [0.29, 0.717) is 0 Å². The number of carbonyl (C=O) groups is 3. The minimum Gasteiger partial charge on any atom is -0.481 e. The normalized spacial score (nSPS) is 10.5. The summed E-state index contributed by atoms with van der Waals surface area (Å²) in [5.74, 6) is -3.96. The molecule has 7 nitrogen and oxygen atoms in total. The number of hydrogen-bond acceptors (Lipinski definition) is 5. The summed E-state index contributed by atoms with van der Waals surface area (Å²) in [5, 5.41) is 25.1. The number of rotatable bonds is 6. The van der Waals surface area contributed by atoms with Crippen molar-refractivity contribution in [3.8, 4) is 0 Å². The molecule has 0 aromatic rings. The van der Waals surface area contributed by atoms with Gasteiger partial charge in [-0.1, -0.05) is 13.2 Å². The van der Waals surface area contributed by atoms with Crippen LogP contribution in [0.1, 0.15) is 13.3 Å². The van der Waals surface area contributed by atoms with Crippen molar-refractivity contribution >= 4 is 17.9 Å². The van der Waals surface area contributed by atoms with Gasteiger partial charge in [-0.2, -0.15) is 0 Å². The van der Waals surface area contributed by atoms with E-state index in [2.05, 4.69) is 17.9 Å². The molecule has 108 valence electrons. The van der Waals surface area contributed by atoms with E-state index in [1.807, 2.05) is 0 Å². The number of carbonyl (C=O) groups excluding carboxylic acids is 1. The van der Waals surface area contributed by atoms with Gasteiger partial charge in [0.15, 0.2) is 0 Å². The van der Waals surface area contributed by atoms with E-state index in [-0.39, 0.29) is 24.2 Å². The molecule has 0 rings (SSSR count). The fourth-order valence-electron chi connectivity index (χ4n) is 0.849. The summed E-state index contributed by atoms with van der Waals surface area (Å²) in [5.41, 5.74) is 0.0269. The summed E-state index contributed by atoms with van der Waals surface area (Å²) in [4.78, 5) is 31.0. The predicted molar refractivity (Wildman–Crippen MR) is 66.4 cm³/mol. The van der Waals surface area contributed by atoms with Crippen LogP contribution in [0, 0.1) is 5.92 Å². The van der Waals surface area contributed by atoms with Crippen molar-refractivity contribution in [1.82, 2.24) is 0 Å². The third kappa shape index (κ3) is 8.56.